The number of amides is 2. The Morgan fingerprint density at radius 3 is 2.26 bits per heavy atom. The van der Waals surface area contributed by atoms with E-state index in [1.54, 1.807) is 36.9 Å². The minimum absolute atomic E-state index is 0. The van der Waals surface area contributed by atoms with Gasteiger partial charge in [-0.2, -0.15) is 8.42 Å². The lowest BCUT2D eigenvalue weighted by atomic mass is 9.72. The third-order valence-electron chi connectivity index (χ3n) is 8.23. The lowest BCUT2D eigenvalue weighted by Gasteiger charge is -2.47. The van der Waals surface area contributed by atoms with Gasteiger partial charge in [-0.3, -0.25) is 19.0 Å². The van der Waals surface area contributed by atoms with E-state index in [-0.39, 0.29) is 34.6 Å². The van der Waals surface area contributed by atoms with E-state index >= 15 is 0 Å². The summed E-state index contributed by atoms with van der Waals surface area (Å²) < 4.78 is 25.9. The molecule has 2 aromatic rings. The minimum Gasteiger partial charge on any atom is -0.508 e. The molecule has 7 N–H and O–H groups in total. The van der Waals surface area contributed by atoms with E-state index in [1.807, 2.05) is 51.1 Å². The smallest absolute Gasteiger partial charge is 0.261 e. The molecule has 11 nitrogen and oxygen atoms in total. The van der Waals surface area contributed by atoms with Crippen LogP contribution in [0, 0.1) is 18.8 Å². The number of phenolic OH excluding ortho intramolecular Hbond substituents is 1. The fourth-order valence-corrected chi connectivity index (χ4v) is 7.09. The standard InChI is InChI=1S/C32H45N3O4S.CH4O3S.H2O/c1-21-25(15-10-16-28(21)36)30(38)33-26(20-40-24-13-6-5-7-14-24)29(37)19-35-18-23-12-9-8-11-22(23)17-27(35)31(39)34-32(2,3)4;1-5(2,3)4;/h5-7,10,13-16,22-23,26-27,29,36-37H,8-9,11-12,17-20H2,1-4H3,(H,33,38)(H,34,39);1H3,(H,2,3,4);1H2/t22-,23+,26-,27-,29+;;/m0../s1. The molecule has 46 heavy (non-hydrogen) atoms. The summed E-state index contributed by atoms with van der Waals surface area (Å²) in [6.45, 7) is 8.76. The molecular formula is C33H51N3O8S2. The first-order chi connectivity index (χ1) is 21.0. The van der Waals surface area contributed by atoms with E-state index in [4.69, 9.17) is 4.55 Å². The van der Waals surface area contributed by atoms with Gasteiger partial charge in [0.2, 0.25) is 5.91 Å². The molecule has 2 fully saturated rings. The Hall–Kier alpha value is -2.68. The number of aliphatic hydroxyl groups is 1. The Bertz CT molecular complexity index is 1380. The SMILES string of the molecule is CS(=O)(=O)O.Cc1c(O)cccc1C(=O)N[C@@H](CSc1ccccc1)[C@H](O)CN1C[C@H]2CCCC[C@H]2C[C@H]1C(=O)NC(C)(C)C.O. The number of aromatic hydroxyl groups is 1. The van der Waals surface area contributed by atoms with Crippen LogP contribution in [0.5, 0.6) is 5.75 Å². The average Bonchev–Trinajstić information content (AvgIpc) is 2.95. The van der Waals surface area contributed by atoms with E-state index in [9.17, 15) is 28.2 Å². The van der Waals surface area contributed by atoms with Crippen molar-refractivity contribution in [3.05, 3.63) is 59.7 Å². The number of piperidine rings is 1. The molecule has 1 heterocycles. The molecule has 13 heteroatoms. The predicted molar refractivity (Wildman–Crippen MR) is 182 cm³/mol. The molecule has 0 aromatic heterocycles. The minimum atomic E-state index is -3.67. The molecule has 1 aliphatic carbocycles. The summed E-state index contributed by atoms with van der Waals surface area (Å²) in [4.78, 5) is 30.0. The summed E-state index contributed by atoms with van der Waals surface area (Å²) in [7, 11) is -3.67. The summed E-state index contributed by atoms with van der Waals surface area (Å²) in [5.74, 6) is 1.27. The topological polar surface area (TPSA) is 188 Å². The fraction of sp³-hybridized carbons (Fsp3) is 0.576. The van der Waals surface area contributed by atoms with Crippen molar-refractivity contribution in [2.45, 2.75) is 88.4 Å². The molecule has 1 saturated heterocycles. The molecule has 0 spiro atoms. The van der Waals surface area contributed by atoms with E-state index < -0.39 is 22.3 Å². The summed E-state index contributed by atoms with van der Waals surface area (Å²) in [5.41, 5.74) is 0.543. The van der Waals surface area contributed by atoms with Gasteiger partial charge in [0.1, 0.15) is 5.75 Å². The first-order valence-corrected chi connectivity index (χ1v) is 18.3. The molecule has 0 unspecified atom stereocenters. The van der Waals surface area contributed by atoms with Crippen molar-refractivity contribution in [3.8, 4) is 5.75 Å². The molecule has 4 rings (SSSR count). The van der Waals surface area contributed by atoms with Gasteiger partial charge in [0.15, 0.2) is 0 Å². The highest BCUT2D eigenvalue weighted by Crippen LogP contribution is 2.39. The van der Waals surface area contributed by atoms with Crippen LogP contribution in [-0.2, 0) is 14.9 Å². The molecule has 2 amide bonds. The van der Waals surface area contributed by atoms with E-state index in [2.05, 4.69) is 15.5 Å². The monoisotopic (exact) mass is 681 g/mol. The van der Waals surface area contributed by atoms with Crippen LogP contribution in [0.15, 0.2) is 53.4 Å². The number of rotatable bonds is 9. The highest BCUT2D eigenvalue weighted by molar-refractivity contribution is 7.99. The summed E-state index contributed by atoms with van der Waals surface area (Å²) >= 11 is 1.57. The third kappa shape index (κ3) is 12.8. The maximum Gasteiger partial charge on any atom is 0.261 e. The second-order valence-corrected chi connectivity index (χ2v) is 15.8. The van der Waals surface area contributed by atoms with Gasteiger partial charge in [-0.05, 0) is 76.6 Å². The van der Waals surface area contributed by atoms with Gasteiger partial charge < -0.3 is 26.3 Å². The number of carbonyl (C=O) groups excluding carboxylic acids is 2. The second kappa shape index (κ2) is 17.5. The van der Waals surface area contributed by atoms with Crippen molar-refractivity contribution in [2.75, 3.05) is 25.1 Å². The van der Waals surface area contributed by atoms with Crippen molar-refractivity contribution >= 4 is 33.7 Å². The zero-order valence-electron chi connectivity index (χ0n) is 27.4. The lowest BCUT2D eigenvalue weighted by molar-refractivity contribution is -0.132. The Morgan fingerprint density at radius 1 is 1.04 bits per heavy atom. The maximum atomic E-state index is 13.5. The van der Waals surface area contributed by atoms with Crippen molar-refractivity contribution in [1.29, 1.82) is 0 Å². The summed E-state index contributed by atoms with van der Waals surface area (Å²) in [6, 6.07) is 13.9. The van der Waals surface area contributed by atoms with Crippen LogP contribution < -0.4 is 10.6 Å². The highest BCUT2D eigenvalue weighted by Gasteiger charge is 2.41. The van der Waals surface area contributed by atoms with Crippen molar-refractivity contribution in [1.82, 2.24) is 15.5 Å². The Kier molecular flexibility index (Phi) is 15.0. The van der Waals surface area contributed by atoms with Crippen LogP contribution in [0.1, 0.15) is 68.8 Å². The van der Waals surface area contributed by atoms with Crippen molar-refractivity contribution in [3.63, 3.8) is 0 Å². The highest BCUT2D eigenvalue weighted by atomic mass is 32.2. The fourth-order valence-electron chi connectivity index (χ4n) is 6.06. The quantitative estimate of drug-likeness (QED) is 0.195. The van der Waals surface area contributed by atoms with Crippen LogP contribution >= 0.6 is 11.8 Å². The molecular weight excluding hydrogens is 631 g/mol. The zero-order chi connectivity index (χ0) is 33.4. The number of benzene rings is 2. The predicted octanol–water partition coefficient (Wildman–Crippen LogP) is 3.43. The van der Waals surface area contributed by atoms with Gasteiger partial charge in [-0.1, -0.05) is 43.5 Å². The van der Waals surface area contributed by atoms with Crippen LogP contribution in [0.2, 0.25) is 0 Å². The number of hydrogen-bond donors (Lipinski definition) is 5. The first kappa shape index (κ1) is 39.5. The number of nitrogens with zero attached hydrogens (tertiary/aromatic N) is 1. The Morgan fingerprint density at radius 2 is 1.65 bits per heavy atom. The van der Waals surface area contributed by atoms with Gasteiger partial charge in [-0.25, -0.2) is 0 Å². The van der Waals surface area contributed by atoms with Gasteiger partial charge in [-0.15, -0.1) is 11.8 Å². The maximum absolute atomic E-state index is 13.5. The number of hydrogen-bond acceptors (Lipinski definition) is 8. The molecule has 1 saturated carbocycles. The van der Waals surface area contributed by atoms with Crippen molar-refractivity contribution in [2.24, 2.45) is 11.8 Å². The van der Waals surface area contributed by atoms with Gasteiger partial charge in [0, 0.05) is 40.4 Å². The number of fused-ring (bicyclic) bond motifs is 1. The Labute approximate surface area is 277 Å². The van der Waals surface area contributed by atoms with Gasteiger partial charge >= 0.3 is 0 Å². The second-order valence-electron chi connectivity index (χ2n) is 13.2. The van der Waals surface area contributed by atoms with E-state index in [0.29, 0.717) is 41.5 Å². The van der Waals surface area contributed by atoms with Crippen LogP contribution in [0.3, 0.4) is 0 Å². The first-order valence-electron chi connectivity index (χ1n) is 15.5. The summed E-state index contributed by atoms with van der Waals surface area (Å²) in [6.07, 6.45) is 5.39. The number of phenols is 1. The van der Waals surface area contributed by atoms with E-state index in [1.165, 1.54) is 12.8 Å². The average molecular weight is 682 g/mol. The Balaban J connectivity index is 0.00000114. The number of thioether (sulfide) groups is 1. The number of β-amino-alcohol motifs (C(OH)–C–C–N with tert-alkyl or cyclic N) is 1. The molecule has 0 radical (unpaired) electrons. The normalized spacial score (nSPS) is 21.3. The zero-order valence-corrected chi connectivity index (χ0v) is 29.0. The number of likely N-dealkylation sites (tertiary alicyclic amines) is 1. The van der Waals surface area contributed by atoms with Gasteiger partial charge in [0.25, 0.3) is 16.0 Å². The third-order valence-corrected chi connectivity index (χ3v) is 9.36. The lowest BCUT2D eigenvalue weighted by Crippen LogP contribution is -2.60. The largest absolute Gasteiger partial charge is 0.508 e. The van der Waals surface area contributed by atoms with Crippen molar-refractivity contribution < 1.29 is 38.2 Å². The number of aliphatic hydroxyl groups excluding tert-OH is 1. The molecule has 2 aromatic carbocycles. The molecule has 1 aliphatic heterocycles. The van der Waals surface area contributed by atoms with Gasteiger partial charge in [0.05, 0.1) is 24.4 Å². The van der Waals surface area contributed by atoms with E-state index in [0.717, 1.165) is 30.7 Å². The molecule has 2 aliphatic rings. The van der Waals surface area contributed by atoms with Crippen LogP contribution in [-0.4, -0.2) is 94.2 Å². The van der Waals surface area contributed by atoms with Crippen LogP contribution in [0.25, 0.3) is 0 Å². The number of nitrogens with one attached hydrogen (secondary N) is 2. The van der Waals surface area contributed by atoms with Crippen LogP contribution in [0.4, 0.5) is 0 Å². The number of carbonyl (C=O) groups is 2. The summed E-state index contributed by atoms with van der Waals surface area (Å²) in [5, 5.41) is 28.0. The molecule has 0 bridgehead atoms. The molecule has 258 valence electrons. The molecule has 5 atom stereocenters.